The predicted octanol–water partition coefficient (Wildman–Crippen LogP) is 2.66. The van der Waals surface area contributed by atoms with E-state index in [-0.39, 0.29) is 0 Å². The minimum atomic E-state index is 0.439. The van der Waals surface area contributed by atoms with Crippen LogP contribution in [-0.4, -0.2) is 23.1 Å². The van der Waals surface area contributed by atoms with Crippen molar-refractivity contribution >= 4 is 11.8 Å². The van der Waals surface area contributed by atoms with Gasteiger partial charge in [-0.05, 0) is 32.4 Å². The molecule has 1 N–H and O–H groups in total. The fourth-order valence-electron chi connectivity index (χ4n) is 1.60. The Morgan fingerprint density at radius 1 is 1.17 bits per heavy atom. The minimum Gasteiger partial charge on any atom is -0.317 e. The van der Waals surface area contributed by atoms with Gasteiger partial charge in [0.05, 0.1) is 0 Å². The van der Waals surface area contributed by atoms with Crippen molar-refractivity contribution in [3.8, 4) is 0 Å². The van der Waals surface area contributed by atoms with Crippen molar-refractivity contribution in [1.82, 2.24) is 5.32 Å². The molecular weight excluding hydrogens is 166 g/mol. The topological polar surface area (TPSA) is 12.0 Å². The number of nitrogens with one attached hydrogen (secondary N) is 1. The fourth-order valence-corrected chi connectivity index (χ4v) is 3.13. The van der Waals surface area contributed by atoms with Crippen molar-refractivity contribution in [2.45, 2.75) is 50.0 Å². The van der Waals surface area contributed by atoms with Crippen molar-refractivity contribution in [1.29, 1.82) is 0 Å². The molecule has 1 aliphatic rings. The Balaban J connectivity index is 2.30. The van der Waals surface area contributed by atoms with Gasteiger partial charge in [-0.15, -0.1) is 0 Å². The third-order valence-corrected chi connectivity index (χ3v) is 3.55. The second-order valence-corrected chi connectivity index (χ2v) is 6.66. The average Bonchev–Trinajstić information content (AvgIpc) is 2.12. The van der Waals surface area contributed by atoms with E-state index >= 15 is 0 Å². The number of hydrogen-bond acceptors (Lipinski definition) is 2. The minimum absolute atomic E-state index is 0.439. The molecule has 2 heteroatoms. The Bertz CT molecular complexity index is 120. The maximum Gasteiger partial charge on any atom is 0.00778 e. The molecule has 0 aromatic heterocycles. The summed E-state index contributed by atoms with van der Waals surface area (Å²) in [4.78, 5) is 0. The summed E-state index contributed by atoms with van der Waals surface area (Å²) in [5.74, 6) is 0. The highest BCUT2D eigenvalue weighted by Crippen LogP contribution is 2.32. The van der Waals surface area contributed by atoms with Crippen LogP contribution >= 0.6 is 11.8 Å². The highest BCUT2D eigenvalue weighted by Gasteiger charge is 2.19. The second-order valence-electron chi connectivity index (χ2n) is 4.53. The van der Waals surface area contributed by atoms with Crippen molar-refractivity contribution in [2.75, 3.05) is 13.1 Å². The largest absolute Gasteiger partial charge is 0.317 e. The summed E-state index contributed by atoms with van der Waals surface area (Å²) in [6.45, 7) is 9.39. The summed E-state index contributed by atoms with van der Waals surface area (Å²) >= 11 is 2.15. The van der Waals surface area contributed by atoms with Crippen LogP contribution in [0.2, 0.25) is 0 Å². The standard InChI is InChI=1S/C10H21NS/c1-10(2,3)12-9-5-4-7-11-8-6-9/h9,11H,4-8H2,1-3H3. The molecule has 1 aliphatic heterocycles. The Hall–Kier alpha value is 0.310. The van der Waals surface area contributed by atoms with E-state index in [0.717, 1.165) is 5.25 Å². The van der Waals surface area contributed by atoms with Gasteiger partial charge in [-0.25, -0.2) is 0 Å². The first-order valence-corrected chi connectivity index (χ1v) is 5.84. The molecule has 0 saturated carbocycles. The van der Waals surface area contributed by atoms with E-state index in [0.29, 0.717) is 4.75 Å². The van der Waals surface area contributed by atoms with Gasteiger partial charge in [0.15, 0.2) is 0 Å². The molecule has 0 aromatic carbocycles. The quantitative estimate of drug-likeness (QED) is 0.677. The third kappa shape index (κ3) is 4.36. The Morgan fingerprint density at radius 3 is 2.58 bits per heavy atom. The first-order chi connectivity index (χ1) is 5.58. The van der Waals surface area contributed by atoms with E-state index < -0.39 is 0 Å². The molecule has 0 amide bonds. The average molecular weight is 187 g/mol. The van der Waals surface area contributed by atoms with Crippen LogP contribution < -0.4 is 5.32 Å². The van der Waals surface area contributed by atoms with E-state index in [9.17, 15) is 0 Å². The van der Waals surface area contributed by atoms with E-state index in [1.165, 1.54) is 32.4 Å². The zero-order valence-corrected chi connectivity index (χ0v) is 9.34. The molecule has 0 spiro atoms. The molecule has 0 aliphatic carbocycles. The van der Waals surface area contributed by atoms with Crippen LogP contribution in [-0.2, 0) is 0 Å². The maximum absolute atomic E-state index is 3.45. The first kappa shape index (κ1) is 10.4. The molecule has 1 unspecified atom stereocenters. The third-order valence-electron chi connectivity index (χ3n) is 2.04. The van der Waals surface area contributed by atoms with E-state index in [1.54, 1.807) is 0 Å². The molecule has 1 fully saturated rings. The Morgan fingerprint density at radius 2 is 1.92 bits per heavy atom. The lowest BCUT2D eigenvalue weighted by molar-refractivity contribution is 0.702. The highest BCUT2D eigenvalue weighted by atomic mass is 32.2. The SMILES string of the molecule is CC(C)(C)SC1CCCNCC1. The van der Waals surface area contributed by atoms with Gasteiger partial charge in [0.1, 0.15) is 0 Å². The lowest BCUT2D eigenvalue weighted by atomic mass is 10.2. The number of hydrogen-bond donors (Lipinski definition) is 1. The Kier molecular flexibility index (Phi) is 3.91. The van der Waals surface area contributed by atoms with Gasteiger partial charge >= 0.3 is 0 Å². The molecule has 1 saturated heterocycles. The Labute approximate surface area is 80.7 Å². The molecule has 0 aromatic rings. The summed E-state index contributed by atoms with van der Waals surface area (Å²) in [7, 11) is 0. The summed E-state index contributed by atoms with van der Waals surface area (Å²) in [6, 6.07) is 0. The summed E-state index contributed by atoms with van der Waals surface area (Å²) in [5.41, 5.74) is 0. The molecule has 0 bridgehead atoms. The van der Waals surface area contributed by atoms with Gasteiger partial charge in [0.2, 0.25) is 0 Å². The normalized spacial score (nSPS) is 26.8. The maximum atomic E-state index is 3.45. The molecule has 1 heterocycles. The van der Waals surface area contributed by atoms with Crippen LogP contribution in [0, 0.1) is 0 Å². The van der Waals surface area contributed by atoms with E-state index in [2.05, 4.69) is 37.8 Å². The lowest BCUT2D eigenvalue weighted by Crippen LogP contribution is -2.18. The van der Waals surface area contributed by atoms with Gasteiger partial charge in [0.25, 0.3) is 0 Å². The monoisotopic (exact) mass is 187 g/mol. The van der Waals surface area contributed by atoms with Gasteiger partial charge in [0, 0.05) is 10.00 Å². The van der Waals surface area contributed by atoms with Crippen LogP contribution in [0.3, 0.4) is 0 Å². The summed E-state index contributed by atoms with van der Waals surface area (Å²) in [5, 5.41) is 4.34. The zero-order chi connectivity index (χ0) is 9.03. The van der Waals surface area contributed by atoms with Gasteiger partial charge in [-0.2, -0.15) is 11.8 Å². The number of thioether (sulfide) groups is 1. The van der Waals surface area contributed by atoms with E-state index in [4.69, 9.17) is 0 Å². The summed E-state index contributed by atoms with van der Waals surface area (Å²) in [6.07, 6.45) is 4.10. The summed E-state index contributed by atoms with van der Waals surface area (Å²) < 4.78 is 0.439. The zero-order valence-electron chi connectivity index (χ0n) is 8.52. The molecule has 72 valence electrons. The van der Waals surface area contributed by atoms with Gasteiger partial charge < -0.3 is 5.32 Å². The van der Waals surface area contributed by atoms with Crippen LogP contribution in [0.15, 0.2) is 0 Å². The number of rotatable bonds is 1. The molecule has 1 rings (SSSR count). The second kappa shape index (κ2) is 4.52. The smallest absolute Gasteiger partial charge is 0.00778 e. The van der Waals surface area contributed by atoms with Crippen molar-refractivity contribution < 1.29 is 0 Å². The molecule has 0 radical (unpaired) electrons. The van der Waals surface area contributed by atoms with Crippen LogP contribution in [0.1, 0.15) is 40.0 Å². The molecule has 1 nitrogen and oxygen atoms in total. The van der Waals surface area contributed by atoms with Crippen LogP contribution in [0.5, 0.6) is 0 Å². The first-order valence-electron chi connectivity index (χ1n) is 4.96. The lowest BCUT2D eigenvalue weighted by Gasteiger charge is -2.24. The molecule has 12 heavy (non-hydrogen) atoms. The van der Waals surface area contributed by atoms with Gasteiger partial charge in [-0.1, -0.05) is 20.8 Å². The fraction of sp³-hybridized carbons (Fsp3) is 1.00. The van der Waals surface area contributed by atoms with Crippen LogP contribution in [0.4, 0.5) is 0 Å². The highest BCUT2D eigenvalue weighted by molar-refractivity contribution is 8.01. The molecule has 1 atom stereocenters. The van der Waals surface area contributed by atoms with E-state index in [1.807, 2.05) is 0 Å². The van der Waals surface area contributed by atoms with Crippen molar-refractivity contribution in [3.63, 3.8) is 0 Å². The predicted molar refractivity (Wildman–Crippen MR) is 57.9 cm³/mol. The van der Waals surface area contributed by atoms with Crippen LogP contribution in [0.25, 0.3) is 0 Å². The molecular formula is C10H21NS. The van der Waals surface area contributed by atoms with Crippen molar-refractivity contribution in [2.24, 2.45) is 0 Å². The van der Waals surface area contributed by atoms with Crippen molar-refractivity contribution in [3.05, 3.63) is 0 Å². The van der Waals surface area contributed by atoms with Gasteiger partial charge in [-0.3, -0.25) is 0 Å².